The molecule has 34 heavy (non-hydrogen) atoms. The highest BCUT2D eigenvalue weighted by atomic mass is 19.1. The highest BCUT2D eigenvalue weighted by molar-refractivity contribution is 6.44. The molecule has 1 aromatic carbocycles. The van der Waals surface area contributed by atoms with Crippen LogP contribution in [0.4, 0.5) is 21.7 Å². The van der Waals surface area contributed by atoms with E-state index in [0.29, 0.717) is 30.5 Å². The van der Waals surface area contributed by atoms with E-state index in [2.05, 4.69) is 26.0 Å². The Hall–Kier alpha value is -3.93. The van der Waals surface area contributed by atoms with E-state index < -0.39 is 17.5 Å². The minimum absolute atomic E-state index is 0.0341. The monoisotopic (exact) mass is 470 g/mol. The van der Waals surface area contributed by atoms with Crippen LogP contribution in [0, 0.1) is 5.82 Å². The Labute approximate surface area is 193 Å². The Balaban J connectivity index is 1.47. The fraction of sp³-hybridized carbons (Fsp3) is 0.364. The molecule has 0 saturated heterocycles. The molecule has 3 heterocycles. The van der Waals surface area contributed by atoms with E-state index >= 15 is 0 Å². The third-order valence-corrected chi connectivity index (χ3v) is 5.88. The number of benzene rings is 1. The third-order valence-electron chi connectivity index (χ3n) is 5.88. The zero-order chi connectivity index (χ0) is 23.8. The van der Waals surface area contributed by atoms with Crippen molar-refractivity contribution in [3.05, 3.63) is 35.8 Å². The number of halogens is 1. The summed E-state index contributed by atoms with van der Waals surface area (Å²) >= 11 is 0. The molecule has 3 aromatic rings. The predicted molar refractivity (Wildman–Crippen MR) is 119 cm³/mol. The second-order valence-electron chi connectivity index (χ2n) is 7.93. The summed E-state index contributed by atoms with van der Waals surface area (Å²) in [5.74, 6) is -0.603. The third kappa shape index (κ3) is 3.85. The minimum Gasteiger partial charge on any atom is -0.486 e. The van der Waals surface area contributed by atoms with Crippen LogP contribution in [0.5, 0.6) is 11.5 Å². The van der Waals surface area contributed by atoms with Gasteiger partial charge in [0, 0.05) is 32.4 Å². The number of amides is 1. The maximum absolute atomic E-state index is 14.1. The number of rotatable bonds is 7. The number of Topliss-reactive ketones (excluding diaryl/α,β-unsaturated/α-hetero) is 1. The SMILES string of the molecule is CNc1cc(Nc2cc(F)cc3c2OCCO3)nc2c(C(=O)C(=O)N[C@@H]3CC[C@H]3OC)cnn12. The van der Waals surface area contributed by atoms with Gasteiger partial charge < -0.3 is 30.2 Å². The number of nitrogens with zero attached hydrogens (tertiary/aromatic N) is 3. The number of ether oxygens (including phenoxy) is 3. The Morgan fingerprint density at radius 3 is 2.76 bits per heavy atom. The van der Waals surface area contributed by atoms with Crippen molar-refractivity contribution in [1.82, 2.24) is 19.9 Å². The zero-order valence-electron chi connectivity index (χ0n) is 18.6. The number of fused-ring (bicyclic) bond motifs is 2. The summed E-state index contributed by atoms with van der Waals surface area (Å²) in [7, 11) is 3.25. The molecule has 1 aliphatic heterocycles. The Kier molecular flexibility index (Phi) is 5.65. The second-order valence-corrected chi connectivity index (χ2v) is 7.93. The molecule has 12 heteroatoms. The van der Waals surface area contributed by atoms with Crippen LogP contribution in [0.1, 0.15) is 23.2 Å². The summed E-state index contributed by atoms with van der Waals surface area (Å²) in [5.41, 5.74) is 0.509. The number of carbonyl (C=O) groups is 2. The maximum atomic E-state index is 14.1. The summed E-state index contributed by atoms with van der Waals surface area (Å²) in [4.78, 5) is 30.0. The lowest BCUT2D eigenvalue weighted by Crippen LogP contribution is -2.52. The van der Waals surface area contributed by atoms with E-state index in [9.17, 15) is 14.0 Å². The zero-order valence-corrected chi connectivity index (χ0v) is 18.6. The molecule has 1 fully saturated rings. The summed E-state index contributed by atoms with van der Waals surface area (Å²) in [6.45, 7) is 0.641. The van der Waals surface area contributed by atoms with Gasteiger partial charge in [0.2, 0.25) is 0 Å². The van der Waals surface area contributed by atoms with E-state index in [4.69, 9.17) is 14.2 Å². The van der Waals surface area contributed by atoms with Gasteiger partial charge in [0.05, 0.1) is 29.6 Å². The summed E-state index contributed by atoms with van der Waals surface area (Å²) in [6, 6.07) is 3.94. The van der Waals surface area contributed by atoms with Crippen LogP contribution in [0.3, 0.4) is 0 Å². The number of ketones is 1. The lowest BCUT2D eigenvalue weighted by Gasteiger charge is -2.35. The van der Waals surface area contributed by atoms with Crippen LogP contribution in [-0.4, -0.2) is 65.8 Å². The van der Waals surface area contributed by atoms with E-state index in [1.165, 1.54) is 22.8 Å². The van der Waals surface area contributed by atoms with E-state index in [0.717, 1.165) is 12.8 Å². The molecule has 2 aliphatic rings. The molecule has 1 saturated carbocycles. The summed E-state index contributed by atoms with van der Waals surface area (Å²) in [6.07, 6.45) is 2.76. The molecule has 0 radical (unpaired) electrons. The van der Waals surface area contributed by atoms with Gasteiger partial charge in [0.25, 0.3) is 11.7 Å². The molecule has 1 amide bonds. The Morgan fingerprint density at radius 1 is 1.21 bits per heavy atom. The molecule has 0 bridgehead atoms. The van der Waals surface area contributed by atoms with Crippen LogP contribution in [-0.2, 0) is 9.53 Å². The van der Waals surface area contributed by atoms with Gasteiger partial charge in [-0.2, -0.15) is 9.61 Å². The molecular formula is C22H23FN6O5. The first kappa shape index (κ1) is 21.9. The Morgan fingerprint density at radius 2 is 2.03 bits per heavy atom. The van der Waals surface area contributed by atoms with E-state index in [1.807, 2.05) is 0 Å². The van der Waals surface area contributed by atoms with Crippen molar-refractivity contribution in [1.29, 1.82) is 0 Å². The number of hydrogen-bond acceptors (Lipinski definition) is 9. The first-order chi connectivity index (χ1) is 16.5. The molecule has 178 valence electrons. The smallest absolute Gasteiger partial charge is 0.292 e. The first-order valence-corrected chi connectivity index (χ1v) is 10.8. The standard InChI is InChI=1S/C22H23FN6O5/c1-24-18-9-17(26-14-7-11(23)8-16-20(14)34-6-5-33-16)28-21-12(10-25-29(18)21)19(30)22(31)27-13-3-4-15(13)32-2/h7-10,13,15,24H,3-6H2,1-2H3,(H,26,28)(H,27,31)/t13-,15-/m1/s1. The van der Waals surface area contributed by atoms with Crippen molar-refractivity contribution in [3.8, 4) is 11.5 Å². The van der Waals surface area contributed by atoms with Crippen molar-refractivity contribution in [2.75, 3.05) is 38.0 Å². The minimum atomic E-state index is -0.761. The fourth-order valence-corrected chi connectivity index (χ4v) is 3.99. The van der Waals surface area contributed by atoms with Crippen LogP contribution >= 0.6 is 0 Å². The predicted octanol–water partition coefficient (Wildman–Crippen LogP) is 1.90. The maximum Gasteiger partial charge on any atom is 0.292 e. The van der Waals surface area contributed by atoms with Gasteiger partial charge in [-0.25, -0.2) is 9.37 Å². The molecule has 5 rings (SSSR count). The van der Waals surface area contributed by atoms with Crippen molar-refractivity contribution in [2.24, 2.45) is 0 Å². The molecule has 1 aliphatic carbocycles. The van der Waals surface area contributed by atoms with Crippen molar-refractivity contribution < 1.29 is 28.2 Å². The lowest BCUT2D eigenvalue weighted by atomic mass is 9.89. The average Bonchev–Trinajstić information content (AvgIpc) is 3.24. The van der Waals surface area contributed by atoms with E-state index in [-0.39, 0.29) is 34.9 Å². The van der Waals surface area contributed by atoms with Gasteiger partial charge in [0.15, 0.2) is 17.1 Å². The normalized spacial score (nSPS) is 18.8. The van der Waals surface area contributed by atoms with Gasteiger partial charge in [-0.1, -0.05) is 0 Å². The number of aromatic nitrogens is 3. The van der Waals surface area contributed by atoms with Gasteiger partial charge in [0.1, 0.15) is 30.7 Å². The second kappa shape index (κ2) is 8.78. The highest BCUT2D eigenvalue weighted by Crippen LogP contribution is 2.40. The van der Waals surface area contributed by atoms with E-state index in [1.54, 1.807) is 20.2 Å². The van der Waals surface area contributed by atoms with Crippen LogP contribution in [0.25, 0.3) is 5.65 Å². The quantitative estimate of drug-likeness (QED) is 0.350. The summed E-state index contributed by atoms with van der Waals surface area (Å²) in [5, 5.41) is 12.9. The average molecular weight is 470 g/mol. The van der Waals surface area contributed by atoms with Gasteiger partial charge >= 0.3 is 0 Å². The van der Waals surface area contributed by atoms with Gasteiger partial charge in [-0.05, 0) is 12.8 Å². The molecule has 11 nitrogen and oxygen atoms in total. The number of carbonyl (C=O) groups excluding carboxylic acids is 2. The lowest BCUT2D eigenvalue weighted by molar-refractivity contribution is -0.120. The van der Waals surface area contributed by atoms with Gasteiger partial charge in [-0.15, -0.1) is 0 Å². The highest BCUT2D eigenvalue weighted by Gasteiger charge is 2.34. The van der Waals surface area contributed by atoms with Gasteiger partial charge in [-0.3, -0.25) is 9.59 Å². The molecule has 0 unspecified atom stereocenters. The number of nitrogens with one attached hydrogen (secondary N) is 3. The molecular weight excluding hydrogens is 447 g/mol. The first-order valence-electron chi connectivity index (χ1n) is 10.8. The summed E-state index contributed by atoms with van der Waals surface area (Å²) < 4.78 is 31.9. The fourth-order valence-electron chi connectivity index (χ4n) is 3.99. The van der Waals surface area contributed by atoms with Crippen LogP contribution < -0.4 is 25.4 Å². The van der Waals surface area contributed by atoms with Crippen molar-refractivity contribution in [3.63, 3.8) is 0 Å². The van der Waals surface area contributed by atoms with Crippen LogP contribution in [0.15, 0.2) is 24.4 Å². The molecule has 2 aromatic heterocycles. The largest absolute Gasteiger partial charge is 0.486 e. The number of anilines is 3. The van der Waals surface area contributed by atoms with Crippen molar-refractivity contribution >= 4 is 34.7 Å². The molecule has 3 N–H and O–H groups in total. The Bertz CT molecular complexity index is 1280. The molecule has 0 spiro atoms. The van der Waals surface area contributed by atoms with Crippen LogP contribution in [0.2, 0.25) is 0 Å². The molecule has 2 atom stereocenters. The topological polar surface area (TPSA) is 128 Å². The number of hydrogen-bond donors (Lipinski definition) is 3. The number of methoxy groups -OCH3 is 1. The van der Waals surface area contributed by atoms with Crippen molar-refractivity contribution in [2.45, 2.75) is 25.0 Å².